The van der Waals surface area contributed by atoms with Crippen molar-refractivity contribution in [2.24, 2.45) is 5.84 Å². The van der Waals surface area contributed by atoms with E-state index in [1.54, 1.807) is 19.5 Å². The number of pyridine rings is 1. The number of methoxy groups -OCH3 is 1. The Kier molecular flexibility index (Phi) is 5.52. The number of hydrazine groups is 1. The van der Waals surface area contributed by atoms with E-state index in [1.807, 2.05) is 18.2 Å². The summed E-state index contributed by atoms with van der Waals surface area (Å²) in [5, 5.41) is 0. The van der Waals surface area contributed by atoms with Crippen LogP contribution in [0.15, 0.2) is 47.2 Å². The van der Waals surface area contributed by atoms with Gasteiger partial charge in [-0.3, -0.25) is 16.3 Å². The van der Waals surface area contributed by atoms with Crippen molar-refractivity contribution < 1.29 is 4.74 Å². The standard InChI is InChI=1S/C15H18BrN3O/c1-20-15-3-2-12(10-14(15)16)9-13(19-17)8-11-4-6-18-7-5-11/h2-7,10,13,19H,8-9,17H2,1H3. The summed E-state index contributed by atoms with van der Waals surface area (Å²) in [5.74, 6) is 6.49. The summed E-state index contributed by atoms with van der Waals surface area (Å²) in [6, 6.07) is 10.3. The Bertz CT molecular complexity index is 548. The average molecular weight is 336 g/mol. The van der Waals surface area contributed by atoms with Crippen LogP contribution in [0.1, 0.15) is 11.1 Å². The number of ether oxygens (including phenoxy) is 1. The van der Waals surface area contributed by atoms with Gasteiger partial charge in [0, 0.05) is 18.4 Å². The number of hydrogen-bond acceptors (Lipinski definition) is 4. The van der Waals surface area contributed by atoms with Gasteiger partial charge in [0.2, 0.25) is 0 Å². The highest BCUT2D eigenvalue weighted by Gasteiger charge is 2.10. The molecule has 5 heteroatoms. The second kappa shape index (κ2) is 7.38. The normalized spacial score (nSPS) is 12.2. The maximum atomic E-state index is 5.66. The summed E-state index contributed by atoms with van der Waals surface area (Å²) in [6.07, 6.45) is 5.31. The summed E-state index contributed by atoms with van der Waals surface area (Å²) in [7, 11) is 1.66. The molecule has 2 aromatic rings. The third kappa shape index (κ3) is 4.03. The van der Waals surface area contributed by atoms with E-state index < -0.39 is 0 Å². The molecule has 0 aliphatic carbocycles. The summed E-state index contributed by atoms with van der Waals surface area (Å²) in [6.45, 7) is 0. The number of rotatable bonds is 6. The lowest BCUT2D eigenvalue weighted by atomic mass is 10.00. The van der Waals surface area contributed by atoms with Gasteiger partial charge < -0.3 is 4.74 Å². The van der Waals surface area contributed by atoms with Gasteiger partial charge in [0.15, 0.2) is 0 Å². The molecule has 0 aliphatic heterocycles. The predicted octanol–water partition coefficient (Wildman–Crippen LogP) is 2.47. The third-order valence-corrected chi connectivity index (χ3v) is 3.79. The van der Waals surface area contributed by atoms with Gasteiger partial charge in [-0.05, 0) is 64.2 Å². The van der Waals surface area contributed by atoms with Crippen LogP contribution >= 0.6 is 15.9 Å². The first-order valence-corrected chi connectivity index (χ1v) is 7.19. The van der Waals surface area contributed by atoms with E-state index in [2.05, 4.69) is 38.5 Å². The van der Waals surface area contributed by atoms with Crippen LogP contribution in [0.25, 0.3) is 0 Å². The van der Waals surface area contributed by atoms with Crippen LogP contribution in [0.2, 0.25) is 0 Å². The quantitative estimate of drug-likeness (QED) is 0.628. The minimum Gasteiger partial charge on any atom is -0.496 e. The van der Waals surface area contributed by atoms with Crippen molar-refractivity contribution in [2.75, 3.05) is 7.11 Å². The first kappa shape index (κ1) is 15.0. The topological polar surface area (TPSA) is 60.2 Å². The van der Waals surface area contributed by atoms with Crippen molar-refractivity contribution >= 4 is 15.9 Å². The molecule has 20 heavy (non-hydrogen) atoms. The Morgan fingerprint density at radius 2 is 1.90 bits per heavy atom. The van der Waals surface area contributed by atoms with E-state index in [-0.39, 0.29) is 6.04 Å². The molecule has 1 heterocycles. The molecule has 0 radical (unpaired) electrons. The van der Waals surface area contributed by atoms with Crippen LogP contribution in [0, 0.1) is 0 Å². The van der Waals surface area contributed by atoms with Gasteiger partial charge in [-0.2, -0.15) is 0 Å². The Morgan fingerprint density at radius 1 is 1.20 bits per heavy atom. The van der Waals surface area contributed by atoms with Crippen LogP contribution in [-0.2, 0) is 12.8 Å². The Morgan fingerprint density at radius 3 is 2.50 bits per heavy atom. The maximum Gasteiger partial charge on any atom is 0.133 e. The van der Waals surface area contributed by atoms with Gasteiger partial charge in [-0.1, -0.05) is 6.07 Å². The van der Waals surface area contributed by atoms with Gasteiger partial charge in [0.25, 0.3) is 0 Å². The molecule has 2 rings (SSSR count). The lowest BCUT2D eigenvalue weighted by molar-refractivity contribution is 0.412. The highest BCUT2D eigenvalue weighted by atomic mass is 79.9. The van der Waals surface area contributed by atoms with E-state index in [0.29, 0.717) is 0 Å². The molecule has 1 aromatic heterocycles. The van der Waals surface area contributed by atoms with Gasteiger partial charge in [0.05, 0.1) is 11.6 Å². The second-order valence-electron chi connectivity index (χ2n) is 4.60. The molecule has 0 spiro atoms. The summed E-state index contributed by atoms with van der Waals surface area (Å²) >= 11 is 3.50. The molecule has 1 aromatic carbocycles. The molecule has 0 amide bonds. The maximum absolute atomic E-state index is 5.66. The summed E-state index contributed by atoms with van der Waals surface area (Å²) in [5.41, 5.74) is 5.30. The molecule has 0 bridgehead atoms. The van der Waals surface area contributed by atoms with Crippen molar-refractivity contribution in [1.82, 2.24) is 10.4 Å². The first-order valence-electron chi connectivity index (χ1n) is 6.40. The second-order valence-corrected chi connectivity index (χ2v) is 5.45. The SMILES string of the molecule is COc1ccc(CC(Cc2ccncc2)NN)cc1Br. The zero-order chi connectivity index (χ0) is 14.4. The monoisotopic (exact) mass is 335 g/mol. The fourth-order valence-electron chi connectivity index (χ4n) is 2.11. The van der Waals surface area contributed by atoms with Crippen LogP contribution in [-0.4, -0.2) is 18.1 Å². The smallest absolute Gasteiger partial charge is 0.133 e. The van der Waals surface area contributed by atoms with Gasteiger partial charge >= 0.3 is 0 Å². The van der Waals surface area contributed by atoms with Gasteiger partial charge in [-0.25, -0.2) is 0 Å². The Balaban J connectivity index is 2.04. The number of halogens is 1. The minimum atomic E-state index is 0.178. The lowest BCUT2D eigenvalue weighted by Crippen LogP contribution is -2.38. The average Bonchev–Trinajstić information content (AvgIpc) is 2.48. The lowest BCUT2D eigenvalue weighted by Gasteiger charge is -2.16. The van der Waals surface area contributed by atoms with Crippen molar-refractivity contribution in [3.8, 4) is 5.75 Å². The number of nitrogens with one attached hydrogen (secondary N) is 1. The number of aromatic nitrogens is 1. The summed E-state index contributed by atoms with van der Waals surface area (Å²) < 4.78 is 6.19. The number of nitrogens with zero attached hydrogens (tertiary/aromatic N) is 1. The zero-order valence-electron chi connectivity index (χ0n) is 11.3. The van der Waals surface area contributed by atoms with Crippen LogP contribution in [0.4, 0.5) is 0 Å². The molecular weight excluding hydrogens is 318 g/mol. The fraction of sp³-hybridized carbons (Fsp3) is 0.267. The molecule has 3 N–H and O–H groups in total. The first-order chi connectivity index (χ1) is 9.72. The van der Waals surface area contributed by atoms with E-state index in [4.69, 9.17) is 10.6 Å². The number of hydrogen-bond donors (Lipinski definition) is 2. The van der Waals surface area contributed by atoms with Gasteiger partial charge in [-0.15, -0.1) is 0 Å². The van der Waals surface area contributed by atoms with E-state index in [1.165, 1.54) is 11.1 Å². The molecule has 0 aliphatic rings. The van der Waals surface area contributed by atoms with Crippen LogP contribution in [0.5, 0.6) is 5.75 Å². The minimum absolute atomic E-state index is 0.178. The van der Waals surface area contributed by atoms with E-state index in [9.17, 15) is 0 Å². The van der Waals surface area contributed by atoms with Crippen LogP contribution < -0.4 is 16.0 Å². The van der Waals surface area contributed by atoms with Crippen molar-refractivity contribution in [2.45, 2.75) is 18.9 Å². The molecule has 1 atom stereocenters. The molecule has 1 unspecified atom stereocenters. The molecular formula is C15H18BrN3O. The predicted molar refractivity (Wildman–Crippen MR) is 83.5 cm³/mol. The largest absolute Gasteiger partial charge is 0.496 e. The third-order valence-electron chi connectivity index (χ3n) is 3.17. The highest BCUT2D eigenvalue weighted by Crippen LogP contribution is 2.26. The van der Waals surface area contributed by atoms with E-state index >= 15 is 0 Å². The van der Waals surface area contributed by atoms with Crippen molar-refractivity contribution in [3.63, 3.8) is 0 Å². The fourth-order valence-corrected chi connectivity index (χ4v) is 2.70. The molecule has 0 saturated heterocycles. The molecule has 0 saturated carbocycles. The van der Waals surface area contributed by atoms with Crippen LogP contribution in [0.3, 0.4) is 0 Å². The highest BCUT2D eigenvalue weighted by molar-refractivity contribution is 9.10. The number of nitrogens with two attached hydrogens (primary N) is 1. The Hall–Kier alpha value is -1.43. The zero-order valence-corrected chi connectivity index (χ0v) is 12.9. The van der Waals surface area contributed by atoms with Crippen molar-refractivity contribution in [1.29, 1.82) is 0 Å². The van der Waals surface area contributed by atoms with E-state index in [0.717, 1.165) is 23.1 Å². The molecule has 106 valence electrons. The summed E-state index contributed by atoms with van der Waals surface area (Å²) in [4.78, 5) is 4.02. The van der Waals surface area contributed by atoms with Crippen molar-refractivity contribution in [3.05, 3.63) is 58.3 Å². The Labute approximate surface area is 127 Å². The number of benzene rings is 1. The van der Waals surface area contributed by atoms with Gasteiger partial charge in [0.1, 0.15) is 5.75 Å². The molecule has 0 fully saturated rings. The molecule has 4 nitrogen and oxygen atoms in total.